The molecular formula is C25H26ClF3N4O4S2. The van der Waals surface area contributed by atoms with Crippen molar-refractivity contribution < 1.29 is 32.6 Å². The van der Waals surface area contributed by atoms with Gasteiger partial charge in [0.25, 0.3) is 5.92 Å². The number of halogens is 4. The van der Waals surface area contributed by atoms with Crippen molar-refractivity contribution >= 4 is 52.5 Å². The fraction of sp³-hybridized carbons (Fsp3) is 0.440. The molecule has 1 unspecified atom stereocenters. The molecule has 2 aromatic rings. The Morgan fingerprint density at radius 1 is 1.38 bits per heavy atom. The van der Waals surface area contributed by atoms with E-state index < -0.39 is 42.2 Å². The number of aromatic nitrogens is 1. The maximum atomic E-state index is 15.1. The number of carboxylic acids is 1. The maximum absolute atomic E-state index is 15.1. The Balaban J connectivity index is 1.67. The fourth-order valence-corrected chi connectivity index (χ4v) is 6.32. The van der Waals surface area contributed by atoms with Gasteiger partial charge in [-0.3, -0.25) is 14.7 Å². The normalized spacial score (nSPS) is 21.3. The first-order valence-electron chi connectivity index (χ1n) is 12.1. The highest BCUT2D eigenvalue weighted by Crippen LogP contribution is 2.39. The van der Waals surface area contributed by atoms with Crippen molar-refractivity contribution in [3.63, 3.8) is 0 Å². The molecule has 1 aromatic heterocycles. The Labute approximate surface area is 236 Å². The molecule has 0 bridgehead atoms. The summed E-state index contributed by atoms with van der Waals surface area (Å²) in [5.74, 6) is -6.20. The lowest BCUT2D eigenvalue weighted by Crippen LogP contribution is -2.51. The largest absolute Gasteiger partial charge is 0.481 e. The minimum absolute atomic E-state index is 0.0359. The van der Waals surface area contributed by atoms with E-state index in [1.54, 1.807) is 18.5 Å². The van der Waals surface area contributed by atoms with Gasteiger partial charge in [-0.2, -0.15) is 0 Å². The van der Waals surface area contributed by atoms with Crippen LogP contribution >= 0.6 is 34.7 Å². The van der Waals surface area contributed by atoms with Crippen LogP contribution in [0.25, 0.3) is 0 Å². The molecule has 3 heterocycles. The minimum atomic E-state index is -3.06. The Morgan fingerprint density at radius 2 is 2.18 bits per heavy atom. The number of carbonyl (C=O) groups excluding carboxylic acids is 1. The first-order valence-corrected chi connectivity index (χ1v) is 14.5. The molecule has 4 rings (SSSR count). The standard InChI is InChI=1S/C25H26ClF3N4O4S2/c1-2-37-24(36)20-18(10-33-7-5-14(25(28,29)13-33)11-38-12-19(34)35)31-22(23-30-6-8-39-23)32-21(20)16-4-3-15(27)9-17(16)26/h3-4,6,8-9,14,21H,2,5,7,10-13H2,1H3,(H,31,32)(H,34,35)/t14?,21-/m0/s1. The number of rotatable bonds is 10. The van der Waals surface area contributed by atoms with Gasteiger partial charge in [0.15, 0.2) is 10.8 Å². The molecule has 0 saturated carbocycles. The molecule has 1 fully saturated rings. The van der Waals surface area contributed by atoms with Gasteiger partial charge in [-0.25, -0.2) is 22.9 Å². The number of aliphatic imine (C=N–C) groups is 1. The Morgan fingerprint density at radius 3 is 2.82 bits per heavy atom. The number of piperidine rings is 1. The second-order valence-corrected chi connectivity index (χ2v) is 11.3. The number of ether oxygens (including phenoxy) is 1. The molecule has 2 aliphatic rings. The number of alkyl halides is 2. The Bertz CT molecular complexity index is 1280. The highest BCUT2D eigenvalue weighted by Gasteiger charge is 2.45. The Kier molecular flexibility index (Phi) is 9.57. The van der Waals surface area contributed by atoms with Crippen molar-refractivity contribution in [2.75, 3.05) is 37.7 Å². The number of carboxylic acid groups (broad SMARTS) is 1. The SMILES string of the molecule is CCOC(=O)C1=C(CN2CCC(CSCC(=O)O)C(F)(F)C2)NC(c2nccs2)=N[C@H]1c1ccc(F)cc1Cl. The third-order valence-corrected chi connectivity index (χ3v) is 8.46. The molecule has 0 amide bonds. The van der Waals surface area contributed by atoms with Crippen LogP contribution in [0.4, 0.5) is 13.2 Å². The third kappa shape index (κ3) is 7.13. The summed E-state index contributed by atoms with van der Waals surface area (Å²) in [6.45, 7) is 1.41. The van der Waals surface area contributed by atoms with E-state index in [4.69, 9.17) is 21.4 Å². The molecule has 2 aliphatic heterocycles. The number of hydrogen-bond acceptors (Lipinski definition) is 9. The van der Waals surface area contributed by atoms with Crippen LogP contribution in [-0.4, -0.2) is 76.4 Å². The van der Waals surface area contributed by atoms with Gasteiger partial charge in [0.2, 0.25) is 0 Å². The van der Waals surface area contributed by atoms with Crippen LogP contribution < -0.4 is 5.32 Å². The van der Waals surface area contributed by atoms with Crippen LogP contribution in [0.3, 0.4) is 0 Å². The highest BCUT2D eigenvalue weighted by molar-refractivity contribution is 7.99. The predicted octanol–water partition coefficient (Wildman–Crippen LogP) is 4.62. The molecule has 14 heteroatoms. The van der Waals surface area contributed by atoms with E-state index >= 15 is 8.78 Å². The Hall–Kier alpha value is -2.61. The molecule has 210 valence electrons. The molecule has 0 radical (unpaired) electrons. The number of hydrogen-bond donors (Lipinski definition) is 2. The topological polar surface area (TPSA) is 104 Å². The monoisotopic (exact) mass is 602 g/mol. The lowest BCUT2D eigenvalue weighted by molar-refractivity contribution is -0.139. The average molecular weight is 603 g/mol. The number of aliphatic carboxylic acids is 1. The molecule has 1 aromatic carbocycles. The van der Waals surface area contributed by atoms with Gasteiger partial charge in [0, 0.05) is 46.1 Å². The van der Waals surface area contributed by atoms with E-state index in [-0.39, 0.29) is 41.7 Å². The fourth-order valence-electron chi connectivity index (χ4n) is 4.48. The molecule has 1 saturated heterocycles. The number of thiazole rings is 1. The van der Waals surface area contributed by atoms with E-state index in [0.29, 0.717) is 28.6 Å². The summed E-state index contributed by atoms with van der Waals surface area (Å²) >= 11 is 8.64. The molecule has 8 nitrogen and oxygen atoms in total. The number of carbonyl (C=O) groups is 2. The maximum Gasteiger partial charge on any atom is 0.338 e. The van der Waals surface area contributed by atoms with Crippen molar-refractivity contribution in [3.8, 4) is 0 Å². The zero-order valence-corrected chi connectivity index (χ0v) is 23.2. The number of nitrogens with one attached hydrogen (secondary N) is 1. The van der Waals surface area contributed by atoms with Crippen molar-refractivity contribution in [2.24, 2.45) is 10.9 Å². The molecular weight excluding hydrogens is 577 g/mol. The summed E-state index contributed by atoms with van der Waals surface area (Å²) in [5.41, 5.74) is 0.760. The average Bonchev–Trinajstić information content (AvgIpc) is 3.40. The smallest absolute Gasteiger partial charge is 0.338 e. The van der Waals surface area contributed by atoms with Crippen LogP contribution in [0, 0.1) is 11.7 Å². The van der Waals surface area contributed by atoms with Gasteiger partial charge < -0.3 is 15.2 Å². The van der Waals surface area contributed by atoms with E-state index in [1.807, 2.05) is 0 Å². The van der Waals surface area contributed by atoms with Gasteiger partial charge in [0.05, 0.1) is 24.5 Å². The second kappa shape index (κ2) is 12.7. The summed E-state index contributed by atoms with van der Waals surface area (Å²) < 4.78 is 49.3. The van der Waals surface area contributed by atoms with Crippen molar-refractivity contribution in [1.29, 1.82) is 0 Å². The van der Waals surface area contributed by atoms with Crippen LogP contribution in [0.5, 0.6) is 0 Å². The van der Waals surface area contributed by atoms with E-state index in [0.717, 1.165) is 17.8 Å². The van der Waals surface area contributed by atoms with Crippen LogP contribution in [0.2, 0.25) is 5.02 Å². The third-order valence-electron chi connectivity index (χ3n) is 6.27. The van der Waals surface area contributed by atoms with Crippen LogP contribution in [0.15, 0.2) is 46.0 Å². The van der Waals surface area contributed by atoms with Gasteiger partial charge in [-0.1, -0.05) is 17.7 Å². The zero-order valence-electron chi connectivity index (χ0n) is 20.8. The predicted molar refractivity (Wildman–Crippen MR) is 144 cm³/mol. The molecule has 0 aliphatic carbocycles. The molecule has 0 spiro atoms. The first-order chi connectivity index (χ1) is 18.6. The summed E-state index contributed by atoms with van der Waals surface area (Å²) in [6, 6.07) is 2.77. The highest BCUT2D eigenvalue weighted by atomic mass is 35.5. The molecule has 2 atom stereocenters. The summed E-state index contributed by atoms with van der Waals surface area (Å²) in [6.07, 6.45) is 1.74. The number of benzene rings is 1. The summed E-state index contributed by atoms with van der Waals surface area (Å²) in [4.78, 5) is 34.5. The van der Waals surface area contributed by atoms with E-state index in [9.17, 15) is 14.0 Å². The number of amidine groups is 1. The number of likely N-dealkylation sites (tertiary alicyclic amines) is 1. The van der Waals surface area contributed by atoms with E-state index in [1.165, 1.54) is 28.4 Å². The van der Waals surface area contributed by atoms with Crippen LogP contribution in [-0.2, 0) is 14.3 Å². The van der Waals surface area contributed by atoms with Crippen molar-refractivity contribution in [3.05, 3.63) is 62.5 Å². The van der Waals surface area contributed by atoms with Crippen molar-refractivity contribution in [2.45, 2.75) is 25.3 Å². The zero-order chi connectivity index (χ0) is 28.2. The number of thioether (sulfide) groups is 1. The quantitative estimate of drug-likeness (QED) is 0.380. The lowest BCUT2D eigenvalue weighted by Gasteiger charge is -2.39. The molecule has 2 N–H and O–H groups in total. The molecule has 39 heavy (non-hydrogen) atoms. The minimum Gasteiger partial charge on any atom is -0.481 e. The van der Waals surface area contributed by atoms with Crippen LogP contribution in [0.1, 0.15) is 30.0 Å². The lowest BCUT2D eigenvalue weighted by atomic mass is 9.93. The van der Waals surface area contributed by atoms with Gasteiger partial charge >= 0.3 is 11.9 Å². The second-order valence-electron chi connectivity index (χ2n) is 8.99. The number of esters is 1. The summed E-state index contributed by atoms with van der Waals surface area (Å²) in [5, 5.41) is 14.2. The number of nitrogens with zero attached hydrogens (tertiary/aromatic N) is 3. The van der Waals surface area contributed by atoms with Crippen molar-refractivity contribution in [1.82, 2.24) is 15.2 Å². The van der Waals surface area contributed by atoms with Gasteiger partial charge in [0.1, 0.15) is 11.9 Å². The van der Waals surface area contributed by atoms with Gasteiger partial charge in [-0.05, 0) is 32.0 Å². The van der Waals surface area contributed by atoms with Gasteiger partial charge in [-0.15, -0.1) is 23.1 Å². The summed E-state index contributed by atoms with van der Waals surface area (Å²) in [7, 11) is 0. The first kappa shape index (κ1) is 29.4. The van der Waals surface area contributed by atoms with E-state index in [2.05, 4.69) is 15.3 Å².